The second kappa shape index (κ2) is 7.44. The third-order valence-electron chi connectivity index (χ3n) is 2.37. The highest BCUT2D eigenvalue weighted by molar-refractivity contribution is 6.30. The molecular formula is C12H12ClFN2O5. The molecule has 9 heteroatoms. The van der Waals surface area contributed by atoms with Crippen LogP contribution in [0.1, 0.15) is 12.8 Å². The molecule has 21 heavy (non-hydrogen) atoms. The largest absolute Gasteiger partial charge is 0.481 e. The third kappa shape index (κ3) is 6.09. The minimum absolute atomic E-state index is 0.0415. The minimum Gasteiger partial charge on any atom is -0.481 e. The van der Waals surface area contributed by atoms with Gasteiger partial charge in [0.25, 0.3) is 0 Å². The monoisotopic (exact) mass is 318 g/mol. The molecule has 1 rings (SSSR count). The Balaban J connectivity index is 2.65. The van der Waals surface area contributed by atoms with Gasteiger partial charge in [-0.2, -0.15) is 0 Å². The molecule has 0 saturated heterocycles. The lowest BCUT2D eigenvalue weighted by atomic mass is 10.1. The van der Waals surface area contributed by atoms with Crippen LogP contribution in [0.5, 0.6) is 0 Å². The fraction of sp³-hybridized carbons (Fsp3) is 0.250. The van der Waals surface area contributed by atoms with Crippen LogP contribution in [0.25, 0.3) is 0 Å². The predicted octanol–water partition coefficient (Wildman–Crippen LogP) is 1.92. The first-order valence-corrected chi connectivity index (χ1v) is 6.14. The highest BCUT2D eigenvalue weighted by Gasteiger charge is 2.21. The number of anilines is 1. The normalized spacial score (nSPS) is 11.5. The first kappa shape index (κ1) is 16.7. The molecule has 0 heterocycles. The summed E-state index contributed by atoms with van der Waals surface area (Å²) < 4.78 is 13.1. The average molecular weight is 319 g/mol. The Hall–Kier alpha value is -2.35. The van der Waals surface area contributed by atoms with Crippen molar-refractivity contribution in [3.63, 3.8) is 0 Å². The van der Waals surface area contributed by atoms with Gasteiger partial charge in [0.1, 0.15) is 11.9 Å². The van der Waals surface area contributed by atoms with Crippen LogP contribution in [0.2, 0.25) is 5.02 Å². The van der Waals surface area contributed by atoms with E-state index in [0.717, 1.165) is 12.1 Å². The number of halogens is 2. The van der Waals surface area contributed by atoms with Gasteiger partial charge < -0.3 is 20.8 Å². The summed E-state index contributed by atoms with van der Waals surface area (Å²) in [6.45, 7) is 0. The summed E-state index contributed by atoms with van der Waals surface area (Å²) in [4.78, 5) is 32.9. The van der Waals surface area contributed by atoms with E-state index in [9.17, 15) is 18.8 Å². The summed E-state index contributed by atoms with van der Waals surface area (Å²) in [6.07, 6.45) is -0.689. The quantitative estimate of drug-likeness (QED) is 0.639. The van der Waals surface area contributed by atoms with Crippen molar-refractivity contribution in [2.75, 3.05) is 5.32 Å². The molecule has 1 aromatic rings. The number of carbonyl (C=O) groups excluding carboxylic acids is 1. The molecule has 7 nitrogen and oxygen atoms in total. The topological polar surface area (TPSA) is 116 Å². The van der Waals surface area contributed by atoms with Crippen LogP contribution < -0.4 is 10.6 Å². The molecule has 0 fully saturated rings. The van der Waals surface area contributed by atoms with Gasteiger partial charge in [-0.1, -0.05) is 11.6 Å². The minimum atomic E-state index is -1.37. The van der Waals surface area contributed by atoms with E-state index in [0.29, 0.717) is 0 Å². The van der Waals surface area contributed by atoms with E-state index in [-0.39, 0.29) is 17.1 Å². The second-order valence-corrected chi connectivity index (χ2v) is 4.52. The van der Waals surface area contributed by atoms with Gasteiger partial charge in [0.05, 0.1) is 0 Å². The van der Waals surface area contributed by atoms with Crippen molar-refractivity contribution in [2.45, 2.75) is 18.9 Å². The summed E-state index contributed by atoms with van der Waals surface area (Å²) >= 11 is 5.60. The van der Waals surface area contributed by atoms with Gasteiger partial charge in [-0.3, -0.25) is 4.79 Å². The number of hydrogen-bond acceptors (Lipinski definition) is 3. The van der Waals surface area contributed by atoms with E-state index >= 15 is 0 Å². The molecule has 0 aromatic heterocycles. The number of nitrogens with one attached hydrogen (secondary N) is 2. The SMILES string of the molecule is O=C(O)CCC(NC(=O)Nc1cc(F)cc(Cl)c1)C(=O)O. The number of aliphatic carboxylic acids is 2. The zero-order chi connectivity index (χ0) is 16.0. The molecule has 0 bridgehead atoms. The molecule has 0 spiro atoms. The lowest BCUT2D eigenvalue weighted by Crippen LogP contribution is -2.43. The smallest absolute Gasteiger partial charge is 0.326 e. The first-order chi connectivity index (χ1) is 9.77. The van der Waals surface area contributed by atoms with Gasteiger partial charge >= 0.3 is 18.0 Å². The molecule has 114 valence electrons. The maximum absolute atomic E-state index is 13.1. The fourth-order valence-corrected chi connectivity index (χ4v) is 1.70. The van der Waals surface area contributed by atoms with E-state index in [4.69, 9.17) is 21.8 Å². The van der Waals surface area contributed by atoms with E-state index in [1.807, 2.05) is 0 Å². The Kier molecular flexibility index (Phi) is 5.92. The van der Waals surface area contributed by atoms with Gasteiger partial charge in [-0.15, -0.1) is 0 Å². The zero-order valence-electron chi connectivity index (χ0n) is 10.6. The average Bonchev–Trinajstić information content (AvgIpc) is 2.32. The van der Waals surface area contributed by atoms with E-state index in [1.54, 1.807) is 0 Å². The Morgan fingerprint density at radius 2 is 1.90 bits per heavy atom. The molecule has 0 aliphatic carbocycles. The number of rotatable bonds is 6. The van der Waals surface area contributed by atoms with Crippen LogP contribution >= 0.6 is 11.6 Å². The highest BCUT2D eigenvalue weighted by atomic mass is 35.5. The van der Waals surface area contributed by atoms with Gasteiger partial charge in [-0.25, -0.2) is 14.0 Å². The van der Waals surface area contributed by atoms with Crippen molar-refractivity contribution in [1.29, 1.82) is 0 Å². The summed E-state index contributed by atoms with van der Waals surface area (Å²) in [6, 6.07) is 1.03. The number of carboxylic acid groups (broad SMARTS) is 2. The number of urea groups is 1. The molecule has 0 saturated carbocycles. The predicted molar refractivity (Wildman–Crippen MR) is 71.9 cm³/mol. The molecule has 4 N–H and O–H groups in total. The Bertz CT molecular complexity index is 546. The zero-order valence-corrected chi connectivity index (χ0v) is 11.4. The Morgan fingerprint density at radius 3 is 2.43 bits per heavy atom. The summed E-state index contributed by atoms with van der Waals surface area (Å²) in [5.41, 5.74) is 0.0415. The second-order valence-electron chi connectivity index (χ2n) is 4.08. The van der Waals surface area contributed by atoms with Gasteiger partial charge in [-0.05, 0) is 24.6 Å². The van der Waals surface area contributed by atoms with Crippen LogP contribution in [0.15, 0.2) is 18.2 Å². The molecule has 0 aliphatic rings. The van der Waals surface area contributed by atoms with Crippen molar-refractivity contribution >= 4 is 35.3 Å². The highest BCUT2D eigenvalue weighted by Crippen LogP contribution is 2.17. The summed E-state index contributed by atoms with van der Waals surface area (Å²) in [7, 11) is 0. The van der Waals surface area contributed by atoms with E-state index in [1.165, 1.54) is 6.07 Å². The summed E-state index contributed by atoms with van der Waals surface area (Å²) in [5, 5.41) is 21.7. The van der Waals surface area contributed by atoms with Crippen molar-refractivity contribution in [3.8, 4) is 0 Å². The lowest BCUT2D eigenvalue weighted by molar-refractivity contribution is -0.140. The van der Waals surface area contributed by atoms with Crippen molar-refractivity contribution in [3.05, 3.63) is 29.0 Å². The van der Waals surface area contributed by atoms with E-state index < -0.39 is 36.2 Å². The Morgan fingerprint density at radius 1 is 1.24 bits per heavy atom. The fourth-order valence-electron chi connectivity index (χ4n) is 1.48. The summed E-state index contributed by atoms with van der Waals surface area (Å²) in [5.74, 6) is -3.22. The van der Waals surface area contributed by atoms with Crippen molar-refractivity contribution in [1.82, 2.24) is 5.32 Å². The Labute approximate surface area is 123 Å². The molecule has 1 aromatic carbocycles. The molecule has 1 unspecified atom stereocenters. The number of amides is 2. The number of hydrogen-bond donors (Lipinski definition) is 4. The molecule has 0 radical (unpaired) electrons. The van der Waals surface area contributed by atoms with Crippen LogP contribution in [-0.4, -0.2) is 34.2 Å². The maximum Gasteiger partial charge on any atom is 0.326 e. The number of benzene rings is 1. The van der Waals surface area contributed by atoms with Crippen LogP contribution in [0, 0.1) is 5.82 Å². The third-order valence-corrected chi connectivity index (χ3v) is 2.59. The van der Waals surface area contributed by atoms with Crippen LogP contribution in [-0.2, 0) is 9.59 Å². The molecule has 1 atom stereocenters. The number of carboxylic acids is 2. The lowest BCUT2D eigenvalue weighted by Gasteiger charge is -2.14. The van der Waals surface area contributed by atoms with Crippen LogP contribution in [0.4, 0.5) is 14.9 Å². The molecule has 0 aliphatic heterocycles. The van der Waals surface area contributed by atoms with Gasteiger partial charge in [0, 0.05) is 17.1 Å². The van der Waals surface area contributed by atoms with Crippen molar-refractivity contribution in [2.24, 2.45) is 0 Å². The van der Waals surface area contributed by atoms with Crippen LogP contribution in [0.3, 0.4) is 0 Å². The first-order valence-electron chi connectivity index (χ1n) is 5.76. The van der Waals surface area contributed by atoms with Crippen molar-refractivity contribution < 1.29 is 29.0 Å². The molecule has 2 amide bonds. The molecular weight excluding hydrogens is 307 g/mol. The standard InChI is InChI=1S/C12H12ClFN2O5/c13-6-3-7(14)5-8(4-6)15-12(21)16-9(11(19)20)1-2-10(17)18/h3-5,9H,1-2H2,(H,17,18)(H,19,20)(H2,15,16,21). The van der Waals surface area contributed by atoms with Gasteiger partial charge in [0.2, 0.25) is 0 Å². The van der Waals surface area contributed by atoms with E-state index in [2.05, 4.69) is 10.6 Å². The number of carbonyl (C=O) groups is 3. The van der Waals surface area contributed by atoms with Gasteiger partial charge in [0.15, 0.2) is 0 Å². The maximum atomic E-state index is 13.1.